The molecule has 16 heavy (non-hydrogen) atoms. The predicted octanol–water partition coefficient (Wildman–Crippen LogP) is 3.35. The van der Waals surface area contributed by atoms with Crippen LogP contribution in [0.3, 0.4) is 0 Å². The average molecular weight is 214 g/mol. The van der Waals surface area contributed by atoms with Gasteiger partial charge in [-0.1, -0.05) is 37.6 Å². The van der Waals surface area contributed by atoms with Crippen LogP contribution in [0.25, 0.3) is 11.1 Å². The molecular formula is C14H18N2. The van der Waals surface area contributed by atoms with Crippen LogP contribution in [-0.4, -0.2) is 9.78 Å². The van der Waals surface area contributed by atoms with E-state index in [1.165, 1.54) is 23.1 Å². The second-order valence-corrected chi connectivity index (χ2v) is 4.25. The van der Waals surface area contributed by atoms with Crippen molar-refractivity contribution >= 4 is 0 Å². The highest BCUT2D eigenvalue weighted by Gasteiger charge is 2.05. The van der Waals surface area contributed by atoms with Crippen molar-refractivity contribution < 1.29 is 0 Å². The summed E-state index contributed by atoms with van der Waals surface area (Å²) in [6.07, 6.45) is 4.43. The first kappa shape index (κ1) is 10.9. The van der Waals surface area contributed by atoms with Gasteiger partial charge in [0.2, 0.25) is 0 Å². The minimum Gasteiger partial charge on any atom is -0.275 e. The molecule has 0 aliphatic heterocycles. The molecule has 2 heteroatoms. The zero-order chi connectivity index (χ0) is 11.5. The van der Waals surface area contributed by atoms with Crippen LogP contribution in [0.1, 0.15) is 24.6 Å². The zero-order valence-corrected chi connectivity index (χ0v) is 10.2. The van der Waals surface area contributed by atoms with Gasteiger partial charge >= 0.3 is 0 Å². The van der Waals surface area contributed by atoms with Crippen LogP contribution in [0.4, 0.5) is 0 Å². The van der Waals surface area contributed by atoms with Gasteiger partial charge in [0, 0.05) is 18.8 Å². The normalized spacial score (nSPS) is 10.7. The van der Waals surface area contributed by atoms with Crippen LogP contribution in [0, 0.1) is 6.92 Å². The third-order valence-electron chi connectivity index (χ3n) is 2.82. The third kappa shape index (κ3) is 2.16. The average Bonchev–Trinajstić information content (AvgIpc) is 2.59. The van der Waals surface area contributed by atoms with Crippen molar-refractivity contribution in [3.8, 4) is 11.1 Å². The van der Waals surface area contributed by atoms with Gasteiger partial charge in [-0.05, 0) is 24.5 Å². The van der Waals surface area contributed by atoms with Gasteiger partial charge in [-0.3, -0.25) is 4.68 Å². The van der Waals surface area contributed by atoms with Gasteiger partial charge in [0.15, 0.2) is 0 Å². The second-order valence-electron chi connectivity index (χ2n) is 4.25. The molecule has 1 aromatic carbocycles. The molecule has 1 heterocycles. The fraction of sp³-hybridized carbons (Fsp3) is 0.357. The molecule has 2 rings (SSSR count). The van der Waals surface area contributed by atoms with E-state index in [0.29, 0.717) is 0 Å². The molecule has 0 amide bonds. The van der Waals surface area contributed by atoms with Crippen LogP contribution >= 0.6 is 0 Å². The summed E-state index contributed by atoms with van der Waals surface area (Å²) in [5.41, 5.74) is 4.98. The number of aromatic nitrogens is 2. The van der Waals surface area contributed by atoms with Gasteiger partial charge in [-0.25, -0.2) is 0 Å². The van der Waals surface area contributed by atoms with Crippen molar-refractivity contribution in [1.82, 2.24) is 9.78 Å². The first-order valence-electron chi connectivity index (χ1n) is 5.80. The maximum absolute atomic E-state index is 4.36. The van der Waals surface area contributed by atoms with E-state index in [2.05, 4.69) is 49.4 Å². The SMILES string of the molecule is CCCc1ccc(-c2cn(C)nc2C)cc1. The number of rotatable bonds is 3. The Morgan fingerprint density at radius 1 is 1.19 bits per heavy atom. The smallest absolute Gasteiger partial charge is 0.0671 e. The Morgan fingerprint density at radius 3 is 2.38 bits per heavy atom. The first-order chi connectivity index (χ1) is 7.70. The van der Waals surface area contributed by atoms with Crippen LogP contribution in [0.5, 0.6) is 0 Å². The molecule has 1 aromatic heterocycles. The Balaban J connectivity index is 2.31. The van der Waals surface area contributed by atoms with Crippen molar-refractivity contribution in [2.45, 2.75) is 26.7 Å². The highest BCUT2D eigenvalue weighted by molar-refractivity contribution is 5.65. The molecule has 84 valence electrons. The summed E-state index contributed by atoms with van der Waals surface area (Å²) in [6, 6.07) is 8.81. The van der Waals surface area contributed by atoms with E-state index >= 15 is 0 Å². The summed E-state index contributed by atoms with van der Waals surface area (Å²) in [5.74, 6) is 0. The maximum atomic E-state index is 4.36. The molecule has 0 saturated carbocycles. The Kier molecular flexibility index (Phi) is 3.09. The minimum atomic E-state index is 1.09. The van der Waals surface area contributed by atoms with E-state index in [1.807, 2.05) is 11.7 Å². The number of nitrogens with zero attached hydrogens (tertiary/aromatic N) is 2. The van der Waals surface area contributed by atoms with Crippen LogP contribution in [0.2, 0.25) is 0 Å². The van der Waals surface area contributed by atoms with Gasteiger partial charge in [0.1, 0.15) is 0 Å². The van der Waals surface area contributed by atoms with Crippen molar-refractivity contribution in [3.05, 3.63) is 41.7 Å². The van der Waals surface area contributed by atoms with E-state index < -0.39 is 0 Å². The highest BCUT2D eigenvalue weighted by Crippen LogP contribution is 2.22. The number of aryl methyl sites for hydroxylation is 3. The maximum Gasteiger partial charge on any atom is 0.0671 e. The van der Waals surface area contributed by atoms with Crippen molar-refractivity contribution in [2.24, 2.45) is 7.05 Å². The molecule has 2 nitrogen and oxygen atoms in total. The molecule has 0 bridgehead atoms. The zero-order valence-electron chi connectivity index (χ0n) is 10.2. The standard InChI is InChI=1S/C14H18N2/c1-4-5-12-6-8-13(9-7-12)14-10-16(3)15-11(14)2/h6-10H,4-5H2,1-3H3. The summed E-state index contributed by atoms with van der Waals surface area (Å²) < 4.78 is 1.87. The van der Waals surface area contributed by atoms with E-state index in [9.17, 15) is 0 Å². The Hall–Kier alpha value is -1.57. The molecular weight excluding hydrogens is 196 g/mol. The predicted molar refractivity (Wildman–Crippen MR) is 67.4 cm³/mol. The van der Waals surface area contributed by atoms with Crippen molar-refractivity contribution in [3.63, 3.8) is 0 Å². The summed E-state index contributed by atoms with van der Waals surface area (Å²) in [4.78, 5) is 0. The quantitative estimate of drug-likeness (QED) is 0.766. The van der Waals surface area contributed by atoms with E-state index in [-0.39, 0.29) is 0 Å². The van der Waals surface area contributed by atoms with Gasteiger partial charge in [0.05, 0.1) is 5.69 Å². The lowest BCUT2D eigenvalue weighted by atomic mass is 10.0. The molecule has 0 spiro atoms. The lowest BCUT2D eigenvalue weighted by Gasteiger charge is -2.02. The fourth-order valence-corrected chi connectivity index (χ4v) is 2.02. The highest BCUT2D eigenvalue weighted by atomic mass is 15.2. The third-order valence-corrected chi connectivity index (χ3v) is 2.82. The van der Waals surface area contributed by atoms with Crippen molar-refractivity contribution in [2.75, 3.05) is 0 Å². The Bertz CT molecular complexity index is 466. The first-order valence-corrected chi connectivity index (χ1v) is 5.80. The molecule has 0 radical (unpaired) electrons. The molecule has 0 N–H and O–H groups in total. The fourth-order valence-electron chi connectivity index (χ4n) is 2.02. The summed E-state index contributed by atoms with van der Waals surface area (Å²) in [6.45, 7) is 4.26. The Labute approximate surface area is 96.9 Å². The molecule has 0 aliphatic carbocycles. The van der Waals surface area contributed by atoms with Gasteiger partial charge < -0.3 is 0 Å². The summed E-state index contributed by atoms with van der Waals surface area (Å²) >= 11 is 0. The summed E-state index contributed by atoms with van der Waals surface area (Å²) in [5, 5.41) is 4.36. The van der Waals surface area contributed by atoms with E-state index in [1.54, 1.807) is 0 Å². The Morgan fingerprint density at radius 2 is 1.88 bits per heavy atom. The minimum absolute atomic E-state index is 1.09. The lowest BCUT2D eigenvalue weighted by Crippen LogP contribution is -1.86. The van der Waals surface area contributed by atoms with Crippen LogP contribution < -0.4 is 0 Å². The van der Waals surface area contributed by atoms with Crippen LogP contribution in [-0.2, 0) is 13.5 Å². The van der Waals surface area contributed by atoms with E-state index in [0.717, 1.165) is 12.1 Å². The van der Waals surface area contributed by atoms with Gasteiger partial charge in [0.25, 0.3) is 0 Å². The van der Waals surface area contributed by atoms with E-state index in [4.69, 9.17) is 0 Å². The molecule has 0 unspecified atom stereocenters. The molecule has 0 atom stereocenters. The van der Waals surface area contributed by atoms with Crippen molar-refractivity contribution in [1.29, 1.82) is 0 Å². The number of benzene rings is 1. The lowest BCUT2D eigenvalue weighted by molar-refractivity contribution is 0.756. The number of hydrogen-bond acceptors (Lipinski definition) is 1. The van der Waals surface area contributed by atoms with Gasteiger partial charge in [-0.2, -0.15) is 5.10 Å². The topological polar surface area (TPSA) is 17.8 Å². The molecule has 0 fully saturated rings. The molecule has 0 saturated heterocycles. The molecule has 0 aliphatic rings. The molecule has 2 aromatic rings. The summed E-state index contributed by atoms with van der Waals surface area (Å²) in [7, 11) is 1.96. The van der Waals surface area contributed by atoms with Gasteiger partial charge in [-0.15, -0.1) is 0 Å². The number of hydrogen-bond donors (Lipinski definition) is 0. The second kappa shape index (κ2) is 4.52. The largest absolute Gasteiger partial charge is 0.275 e. The van der Waals surface area contributed by atoms with Crippen LogP contribution in [0.15, 0.2) is 30.5 Å². The monoisotopic (exact) mass is 214 g/mol.